The van der Waals surface area contributed by atoms with Gasteiger partial charge < -0.3 is 24.2 Å². The minimum atomic E-state index is -0.545. The lowest BCUT2D eigenvalue weighted by Crippen LogP contribution is -2.48. The van der Waals surface area contributed by atoms with Crippen LogP contribution in [0.25, 0.3) is 16.6 Å². The van der Waals surface area contributed by atoms with E-state index in [1.807, 2.05) is 54.6 Å². The third-order valence-corrected chi connectivity index (χ3v) is 9.07. The molecule has 0 bridgehead atoms. The van der Waals surface area contributed by atoms with E-state index >= 15 is 0 Å². The van der Waals surface area contributed by atoms with Gasteiger partial charge in [-0.25, -0.2) is 28.7 Å². The van der Waals surface area contributed by atoms with Gasteiger partial charge in [0.1, 0.15) is 23.3 Å². The number of hydrogen-bond acceptors (Lipinski definition) is 11. The zero-order valence-corrected chi connectivity index (χ0v) is 27.9. The van der Waals surface area contributed by atoms with Gasteiger partial charge in [0, 0.05) is 78.4 Å². The lowest BCUT2D eigenvalue weighted by Gasteiger charge is -2.35. The zero-order chi connectivity index (χ0) is 33.3. The van der Waals surface area contributed by atoms with E-state index in [0.29, 0.717) is 37.1 Å². The van der Waals surface area contributed by atoms with Gasteiger partial charge in [0.05, 0.1) is 32.0 Å². The number of ether oxygens (including phenoxy) is 2. The van der Waals surface area contributed by atoms with Crippen LogP contribution >= 0.6 is 11.8 Å². The molecule has 2 saturated heterocycles. The van der Waals surface area contributed by atoms with E-state index in [0.717, 1.165) is 53.5 Å². The molecule has 0 saturated carbocycles. The van der Waals surface area contributed by atoms with Gasteiger partial charge in [-0.3, -0.25) is 4.68 Å². The predicted molar refractivity (Wildman–Crippen MR) is 179 cm³/mol. The first kappa shape index (κ1) is 31.8. The Hall–Kier alpha value is -4.76. The van der Waals surface area contributed by atoms with Crippen molar-refractivity contribution in [2.24, 2.45) is 0 Å². The molecule has 6 heterocycles. The van der Waals surface area contributed by atoms with Crippen LogP contribution < -0.4 is 9.80 Å². The molecule has 5 aromatic rings. The quantitative estimate of drug-likeness (QED) is 0.241. The number of nitrogens with zero attached hydrogens (tertiary/aromatic N) is 10. The van der Waals surface area contributed by atoms with Crippen molar-refractivity contribution in [1.29, 1.82) is 0 Å². The zero-order valence-electron chi connectivity index (χ0n) is 27.1. The first-order valence-corrected chi connectivity index (χ1v) is 16.7. The molecule has 0 spiro atoms. The minimum Gasteiger partial charge on any atom is -0.444 e. The van der Waals surface area contributed by atoms with Gasteiger partial charge in [-0.2, -0.15) is 10.2 Å². The predicted octanol–water partition coefficient (Wildman–Crippen LogP) is 4.64. The maximum Gasteiger partial charge on any atom is 0.410 e. The average molecular weight is 673 g/mol. The standard InChI is InChI=1S/C33H37FN10O3S/c1-33(2,3)47-32(45)42-12-13-46-25(20-42)21-43-18-24(15-38-43)23-14-28-30(37-22-39-44(28)19-23)40-8-10-41(11-9-40)31-35-16-26(17-36-31)48-29-7-5-4-6-27(29)34/h4-7,14-19,22,25H,8-13,20-21H2,1-3H3/t25-/m0/s1. The van der Waals surface area contributed by atoms with Crippen molar-refractivity contribution in [2.45, 2.75) is 48.8 Å². The summed E-state index contributed by atoms with van der Waals surface area (Å²) >= 11 is 1.31. The maximum absolute atomic E-state index is 14.0. The van der Waals surface area contributed by atoms with Crippen LogP contribution in [0.1, 0.15) is 20.8 Å². The van der Waals surface area contributed by atoms with Crippen molar-refractivity contribution in [3.8, 4) is 11.1 Å². The molecule has 0 aliphatic carbocycles. The lowest BCUT2D eigenvalue weighted by molar-refractivity contribution is -0.0483. The van der Waals surface area contributed by atoms with Crippen molar-refractivity contribution < 1.29 is 18.7 Å². The molecule has 1 amide bonds. The molecule has 2 fully saturated rings. The van der Waals surface area contributed by atoms with Crippen LogP contribution in [-0.4, -0.2) is 103 Å². The van der Waals surface area contributed by atoms with Crippen LogP contribution in [0, 0.1) is 5.82 Å². The van der Waals surface area contributed by atoms with Crippen molar-refractivity contribution in [3.05, 3.63) is 73.5 Å². The van der Waals surface area contributed by atoms with Crippen LogP contribution in [0.3, 0.4) is 0 Å². The second-order valence-electron chi connectivity index (χ2n) is 12.7. The average Bonchev–Trinajstić information content (AvgIpc) is 3.73. The summed E-state index contributed by atoms with van der Waals surface area (Å²) in [5.74, 6) is 1.25. The van der Waals surface area contributed by atoms with E-state index in [1.165, 1.54) is 17.8 Å². The van der Waals surface area contributed by atoms with Crippen LogP contribution in [-0.2, 0) is 16.0 Å². The number of aromatic nitrogens is 7. The maximum atomic E-state index is 14.0. The molecule has 7 rings (SSSR count). The number of amides is 1. The Bertz CT molecular complexity index is 1880. The fourth-order valence-corrected chi connectivity index (χ4v) is 6.54. The molecule has 2 aliphatic heterocycles. The highest BCUT2D eigenvalue weighted by Gasteiger charge is 2.29. The number of carbonyl (C=O) groups is 1. The second-order valence-corrected chi connectivity index (χ2v) is 13.9. The second kappa shape index (κ2) is 13.4. The van der Waals surface area contributed by atoms with Gasteiger partial charge in [0.25, 0.3) is 0 Å². The minimum absolute atomic E-state index is 0.190. The lowest BCUT2D eigenvalue weighted by atomic mass is 10.2. The topological polar surface area (TPSA) is 119 Å². The summed E-state index contributed by atoms with van der Waals surface area (Å²) in [6.45, 7) is 10.4. The Morgan fingerprint density at radius 1 is 0.979 bits per heavy atom. The Morgan fingerprint density at radius 3 is 2.52 bits per heavy atom. The fraction of sp³-hybridized carbons (Fsp3) is 0.394. The monoisotopic (exact) mass is 672 g/mol. The first-order valence-electron chi connectivity index (χ1n) is 15.9. The van der Waals surface area contributed by atoms with Crippen molar-refractivity contribution in [1.82, 2.24) is 39.2 Å². The summed E-state index contributed by atoms with van der Waals surface area (Å²) in [7, 11) is 0. The highest BCUT2D eigenvalue weighted by atomic mass is 32.2. The van der Waals surface area contributed by atoms with Crippen LogP contribution in [0.15, 0.2) is 77.4 Å². The first-order chi connectivity index (χ1) is 23.2. The SMILES string of the molecule is CC(C)(C)OC(=O)N1CCO[C@H](Cn2cc(-c3cc4c(N5CCN(c6ncc(Sc7ccccc7F)cn6)CC5)ncnn4c3)cn2)C1. The van der Waals surface area contributed by atoms with Gasteiger partial charge in [0.15, 0.2) is 5.82 Å². The summed E-state index contributed by atoms with van der Waals surface area (Å²) in [6, 6.07) is 8.76. The van der Waals surface area contributed by atoms with Gasteiger partial charge in [0.2, 0.25) is 5.95 Å². The van der Waals surface area contributed by atoms with E-state index < -0.39 is 5.60 Å². The Balaban J connectivity index is 0.977. The molecule has 1 atom stereocenters. The van der Waals surface area contributed by atoms with Crippen molar-refractivity contribution in [2.75, 3.05) is 55.7 Å². The molecule has 250 valence electrons. The molecule has 48 heavy (non-hydrogen) atoms. The number of rotatable bonds is 7. The summed E-state index contributed by atoms with van der Waals surface area (Å²) in [5, 5.41) is 9.04. The van der Waals surface area contributed by atoms with E-state index in [4.69, 9.17) is 9.47 Å². The number of piperazine rings is 1. The van der Waals surface area contributed by atoms with Gasteiger partial charge in [-0.1, -0.05) is 23.9 Å². The Labute approximate surface area is 281 Å². The molecular weight excluding hydrogens is 635 g/mol. The van der Waals surface area contributed by atoms with Gasteiger partial charge >= 0.3 is 6.09 Å². The van der Waals surface area contributed by atoms with Crippen molar-refractivity contribution in [3.63, 3.8) is 0 Å². The van der Waals surface area contributed by atoms with Crippen molar-refractivity contribution >= 4 is 35.1 Å². The van der Waals surface area contributed by atoms with E-state index in [1.54, 1.807) is 35.8 Å². The normalized spacial score (nSPS) is 17.2. The smallest absolute Gasteiger partial charge is 0.410 e. The summed E-state index contributed by atoms with van der Waals surface area (Å²) in [5.41, 5.74) is 2.28. The third kappa shape index (κ3) is 7.21. The number of benzene rings is 1. The highest BCUT2D eigenvalue weighted by Crippen LogP contribution is 2.30. The summed E-state index contributed by atoms with van der Waals surface area (Å²) in [6.07, 6.45) is 10.3. The molecule has 2 aliphatic rings. The molecule has 4 aromatic heterocycles. The summed E-state index contributed by atoms with van der Waals surface area (Å²) < 4.78 is 29.2. The molecule has 0 N–H and O–H groups in total. The van der Waals surface area contributed by atoms with Crippen LogP contribution in [0.4, 0.5) is 21.0 Å². The Morgan fingerprint density at radius 2 is 1.75 bits per heavy atom. The number of carbonyl (C=O) groups excluding carboxylic acids is 1. The Kier molecular flexibility index (Phi) is 8.88. The molecule has 15 heteroatoms. The van der Waals surface area contributed by atoms with Crippen LogP contribution in [0.5, 0.6) is 0 Å². The molecular formula is C33H37FN10O3S. The van der Waals surface area contributed by atoms with E-state index in [-0.39, 0.29) is 18.0 Å². The molecule has 13 nitrogen and oxygen atoms in total. The summed E-state index contributed by atoms with van der Waals surface area (Å²) in [4.78, 5) is 33.8. The number of fused-ring (bicyclic) bond motifs is 1. The number of morpholine rings is 1. The molecule has 0 unspecified atom stereocenters. The van der Waals surface area contributed by atoms with E-state index in [9.17, 15) is 9.18 Å². The highest BCUT2D eigenvalue weighted by molar-refractivity contribution is 7.99. The third-order valence-electron chi connectivity index (χ3n) is 8.07. The molecule has 1 aromatic carbocycles. The van der Waals surface area contributed by atoms with Gasteiger partial charge in [-0.05, 0) is 39.0 Å². The van der Waals surface area contributed by atoms with E-state index in [2.05, 4.69) is 41.0 Å². The molecule has 0 radical (unpaired) electrons. The number of anilines is 2. The largest absolute Gasteiger partial charge is 0.444 e. The number of halogens is 1. The van der Waals surface area contributed by atoms with Crippen LogP contribution in [0.2, 0.25) is 0 Å². The number of hydrogen-bond donors (Lipinski definition) is 0. The fourth-order valence-electron chi connectivity index (χ4n) is 5.76. The van der Waals surface area contributed by atoms with Gasteiger partial charge in [-0.15, -0.1) is 0 Å².